The number of esters is 1. The van der Waals surface area contributed by atoms with Crippen molar-refractivity contribution in [2.24, 2.45) is 11.8 Å². The summed E-state index contributed by atoms with van der Waals surface area (Å²) in [6.07, 6.45) is 2.42. The molecule has 1 heterocycles. The molecule has 0 unspecified atom stereocenters. The molecule has 1 atom stereocenters. The highest BCUT2D eigenvalue weighted by Gasteiger charge is 2.30. The molecular formula is C38H44FN7O6. The summed E-state index contributed by atoms with van der Waals surface area (Å²) in [6, 6.07) is 17.5. The summed E-state index contributed by atoms with van der Waals surface area (Å²) in [5, 5.41) is 22.6. The summed E-state index contributed by atoms with van der Waals surface area (Å²) in [6.45, 7) is 7.67. The molecule has 4 aromatic rings. The zero-order chi connectivity index (χ0) is 37.3. The van der Waals surface area contributed by atoms with Crippen molar-refractivity contribution >= 4 is 29.6 Å². The second-order valence-electron chi connectivity index (χ2n) is 13.8. The van der Waals surface area contributed by atoms with E-state index in [1.807, 2.05) is 20.8 Å². The van der Waals surface area contributed by atoms with E-state index in [2.05, 4.69) is 36.6 Å². The highest BCUT2D eigenvalue weighted by molar-refractivity contribution is 5.98. The van der Waals surface area contributed by atoms with Gasteiger partial charge in [-0.1, -0.05) is 36.4 Å². The molecule has 1 aliphatic rings. The Balaban J connectivity index is 1.26. The molecule has 4 N–H and O–H groups in total. The number of carbonyl (C=O) groups excluding carboxylic acids is 4. The highest BCUT2D eigenvalue weighted by atomic mass is 19.1. The number of nitrogens with zero attached hydrogens (tertiary/aromatic N) is 3. The monoisotopic (exact) mass is 713 g/mol. The predicted octanol–water partition coefficient (Wildman–Crippen LogP) is 5.85. The Kier molecular flexibility index (Phi) is 12.3. The van der Waals surface area contributed by atoms with Gasteiger partial charge >= 0.3 is 12.1 Å². The van der Waals surface area contributed by atoms with Crippen molar-refractivity contribution in [3.8, 4) is 22.5 Å². The van der Waals surface area contributed by atoms with Crippen molar-refractivity contribution in [3.05, 3.63) is 83.7 Å². The van der Waals surface area contributed by atoms with Crippen LogP contribution in [0, 0.1) is 17.7 Å². The van der Waals surface area contributed by atoms with Gasteiger partial charge in [-0.15, -0.1) is 10.2 Å². The lowest BCUT2D eigenvalue weighted by Gasteiger charge is -2.29. The molecule has 14 heteroatoms. The van der Waals surface area contributed by atoms with E-state index in [0.717, 1.165) is 18.4 Å². The van der Waals surface area contributed by atoms with Crippen LogP contribution in [0.3, 0.4) is 0 Å². The number of alkyl carbamates (subject to hydrolysis) is 1. The van der Waals surface area contributed by atoms with Crippen molar-refractivity contribution in [1.29, 1.82) is 0 Å². The minimum absolute atomic E-state index is 0.128. The lowest BCUT2D eigenvalue weighted by atomic mass is 9.81. The average molecular weight is 714 g/mol. The van der Waals surface area contributed by atoms with Gasteiger partial charge in [-0.25, -0.2) is 14.0 Å². The maximum atomic E-state index is 15.3. The Bertz CT molecular complexity index is 1840. The Morgan fingerprint density at radius 2 is 1.63 bits per heavy atom. The molecule has 3 amide bonds. The van der Waals surface area contributed by atoms with Crippen LogP contribution >= 0.6 is 0 Å². The third-order valence-corrected chi connectivity index (χ3v) is 8.74. The number of ether oxygens (including phenoxy) is 2. The molecule has 52 heavy (non-hydrogen) atoms. The van der Waals surface area contributed by atoms with Crippen LogP contribution in [0.2, 0.25) is 0 Å². The topological polar surface area (TPSA) is 177 Å². The van der Waals surface area contributed by atoms with E-state index in [-0.39, 0.29) is 41.9 Å². The van der Waals surface area contributed by atoms with Crippen molar-refractivity contribution < 1.29 is 33.0 Å². The zero-order valence-electron chi connectivity index (χ0n) is 29.7. The zero-order valence-corrected chi connectivity index (χ0v) is 29.7. The van der Waals surface area contributed by atoms with Gasteiger partial charge in [0.25, 0.3) is 0 Å². The van der Waals surface area contributed by atoms with Gasteiger partial charge in [-0.05, 0) is 106 Å². The van der Waals surface area contributed by atoms with E-state index in [0.29, 0.717) is 42.0 Å². The fraction of sp³-hybridized carbons (Fsp3) is 0.395. The number of nitrogens with one attached hydrogen (secondary N) is 4. The van der Waals surface area contributed by atoms with E-state index in [1.165, 1.54) is 6.07 Å². The van der Waals surface area contributed by atoms with Gasteiger partial charge in [0.05, 0.1) is 12.2 Å². The van der Waals surface area contributed by atoms with Crippen molar-refractivity contribution in [2.75, 3.05) is 18.5 Å². The summed E-state index contributed by atoms with van der Waals surface area (Å²) in [4.78, 5) is 51.7. The summed E-state index contributed by atoms with van der Waals surface area (Å²) < 4.78 is 25.6. The number of tetrazole rings is 1. The first kappa shape index (κ1) is 37.6. The van der Waals surface area contributed by atoms with Crippen LogP contribution in [0.4, 0.5) is 14.9 Å². The predicted molar refractivity (Wildman–Crippen MR) is 191 cm³/mol. The summed E-state index contributed by atoms with van der Waals surface area (Å²) in [5.74, 6) is -1.72. The lowest BCUT2D eigenvalue weighted by molar-refractivity contribution is -0.130. The number of aromatic nitrogens is 4. The van der Waals surface area contributed by atoms with Crippen LogP contribution in [-0.2, 0) is 25.5 Å². The van der Waals surface area contributed by atoms with E-state index < -0.39 is 35.4 Å². The molecule has 1 saturated carbocycles. The summed E-state index contributed by atoms with van der Waals surface area (Å²) in [7, 11) is 0. The van der Waals surface area contributed by atoms with Gasteiger partial charge in [0.1, 0.15) is 17.5 Å². The number of amides is 3. The standard InChI is InChI=1S/C38H44FN7O6/c1-5-51-36(49)30-8-6-7-29(32(30)39)25-13-9-23(10-14-25)21-31(35(48)41-28-19-17-26(18-20-28)33-43-45-46-44-33)42-34(47)27-15-11-24(12-16-27)22-40-37(50)52-38(2,3)4/h6-10,13-14,17-20,24,27,31H,5,11-12,15-16,21-22H2,1-4H3,(H,40,50)(H,41,48)(H,42,47)(H,43,44,45,46)/t24?,27?,31-/m0/s1. The SMILES string of the molecule is CCOC(=O)c1cccc(-c2ccc(C[C@H](NC(=O)C3CCC(CNC(=O)OC(C)(C)C)CC3)C(=O)Nc3ccc(-c4nn[nH]n4)cc3)cc2)c1F. The molecule has 0 saturated heterocycles. The van der Waals surface area contributed by atoms with E-state index in [4.69, 9.17) is 9.47 Å². The second-order valence-corrected chi connectivity index (χ2v) is 13.8. The highest BCUT2D eigenvalue weighted by Crippen LogP contribution is 2.30. The number of carbonyl (C=O) groups is 4. The third-order valence-electron chi connectivity index (χ3n) is 8.74. The van der Waals surface area contributed by atoms with Gasteiger partial charge in [0.2, 0.25) is 17.6 Å². The maximum Gasteiger partial charge on any atom is 0.407 e. The average Bonchev–Trinajstić information content (AvgIpc) is 3.66. The smallest absolute Gasteiger partial charge is 0.407 e. The van der Waals surface area contributed by atoms with Crippen molar-refractivity contribution in [3.63, 3.8) is 0 Å². The fourth-order valence-corrected chi connectivity index (χ4v) is 6.06. The van der Waals surface area contributed by atoms with Crippen LogP contribution in [-0.4, -0.2) is 69.3 Å². The summed E-state index contributed by atoms with van der Waals surface area (Å²) >= 11 is 0. The maximum absolute atomic E-state index is 15.3. The largest absolute Gasteiger partial charge is 0.462 e. The van der Waals surface area contributed by atoms with Gasteiger partial charge in [0, 0.05) is 35.7 Å². The van der Waals surface area contributed by atoms with Gasteiger partial charge < -0.3 is 25.4 Å². The van der Waals surface area contributed by atoms with Crippen LogP contribution in [0.1, 0.15) is 69.3 Å². The Morgan fingerprint density at radius 1 is 0.942 bits per heavy atom. The van der Waals surface area contributed by atoms with Crippen LogP contribution in [0.15, 0.2) is 66.7 Å². The molecule has 0 aliphatic heterocycles. The first-order chi connectivity index (χ1) is 24.9. The Labute approximate surface area is 301 Å². The van der Waals surface area contributed by atoms with Crippen molar-refractivity contribution in [2.45, 2.75) is 71.4 Å². The molecule has 3 aromatic carbocycles. The summed E-state index contributed by atoms with van der Waals surface area (Å²) in [5.41, 5.74) is 1.99. The number of aromatic amines is 1. The third kappa shape index (κ3) is 10.2. The molecule has 274 valence electrons. The molecular weight excluding hydrogens is 669 g/mol. The number of rotatable bonds is 12. The first-order valence-corrected chi connectivity index (χ1v) is 17.4. The van der Waals surface area contributed by atoms with E-state index in [1.54, 1.807) is 67.6 Å². The van der Waals surface area contributed by atoms with Crippen molar-refractivity contribution in [1.82, 2.24) is 31.3 Å². The van der Waals surface area contributed by atoms with Crippen LogP contribution in [0.25, 0.3) is 22.5 Å². The minimum Gasteiger partial charge on any atom is -0.462 e. The number of halogens is 1. The molecule has 13 nitrogen and oxygen atoms in total. The van der Waals surface area contributed by atoms with E-state index in [9.17, 15) is 19.2 Å². The Hall–Kier alpha value is -5.66. The van der Waals surface area contributed by atoms with E-state index >= 15 is 4.39 Å². The number of anilines is 1. The number of hydrogen-bond donors (Lipinski definition) is 4. The molecule has 5 rings (SSSR count). The number of H-pyrrole nitrogens is 1. The van der Waals surface area contributed by atoms with Gasteiger partial charge in [0.15, 0.2) is 0 Å². The fourth-order valence-electron chi connectivity index (χ4n) is 6.06. The number of benzene rings is 3. The minimum atomic E-state index is -0.925. The van der Waals surface area contributed by atoms with Gasteiger partial charge in [-0.3, -0.25) is 9.59 Å². The number of hydrogen-bond acceptors (Lipinski definition) is 9. The lowest BCUT2D eigenvalue weighted by Crippen LogP contribution is -2.48. The van der Waals surface area contributed by atoms with Gasteiger partial charge in [-0.2, -0.15) is 5.21 Å². The molecule has 1 aliphatic carbocycles. The van der Waals surface area contributed by atoms with Crippen LogP contribution in [0.5, 0.6) is 0 Å². The normalized spacial score (nSPS) is 16.3. The first-order valence-electron chi connectivity index (χ1n) is 17.4. The quantitative estimate of drug-likeness (QED) is 0.131. The molecule has 1 aromatic heterocycles. The van der Waals surface area contributed by atoms with Crippen LogP contribution < -0.4 is 16.0 Å². The second kappa shape index (κ2) is 17.0. The molecule has 0 spiro atoms. The Morgan fingerprint density at radius 3 is 2.27 bits per heavy atom. The molecule has 1 fully saturated rings. The molecule has 0 bridgehead atoms. The molecule has 0 radical (unpaired) electrons.